The average Bonchev–Trinajstić information content (AvgIpc) is 2.78. The monoisotopic (exact) mass is 221 g/mol. The minimum Gasteiger partial charge on any atom is -0.489 e. The highest BCUT2D eigenvalue weighted by Gasteiger charge is 2.31. The molecular weight excluding hydrogens is 206 g/mol. The molecule has 1 fully saturated rings. The normalized spacial score (nSPS) is 24.1. The van der Waals surface area contributed by atoms with Crippen molar-refractivity contribution in [1.82, 2.24) is 5.32 Å². The topological polar surface area (TPSA) is 47.6 Å². The van der Waals surface area contributed by atoms with Gasteiger partial charge in [0, 0.05) is 13.0 Å². The summed E-state index contributed by atoms with van der Waals surface area (Å²) in [6.45, 7) is 0.675. The summed E-state index contributed by atoms with van der Waals surface area (Å²) < 4.78 is 10.4. The van der Waals surface area contributed by atoms with Gasteiger partial charge in [-0.05, 0) is 12.1 Å². The third-order valence-electron chi connectivity index (χ3n) is 2.62. The molecule has 0 saturated carbocycles. The molecule has 0 radical (unpaired) electrons. The summed E-state index contributed by atoms with van der Waals surface area (Å²) in [5, 5.41) is 3.08. The lowest BCUT2D eigenvalue weighted by atomic mass is 10.2. The number of carbonyl (C=O) groups excluding carboxylic acids is 1. The molecule has 1 aromatic carbocycles. The molecule has 1 aliphatic heterocycles. The lowest BCUT2D eigenvalue weighted by Gasteiger charge is -2.12. The van der Waals surface area contributed by atoms with Gasteiger partial charge in [-0.25, -0.2) is 0 Å². The van der Waals surface area contributed by atoms with Crippen molar-refractivity contribution in [3.05, 3.63) is 30.3 Å². The lowest BCUT2D eigenvalue weighted by Crippen LogP contribution is -2.31. The Morgan fingerprint density at radius 1 is 1.38 bits per heavy atom. The van der Waals surface area contributed by atoms with Crippen LogP contribution in [-0.4, -0.2) is 31.8 Å². The van der Waals surface area contributed by atoms with Crippen molar-refractivity contribution >= 4 is 5.97 Å². The fourth-order valence-corrected chi connectivity index (χ4v) is 1.81. The number of nitrogens with one attached hydrogen (secondary N) is 1. The van der Waals surface area contributed by atoms with Crippen LogP contribution in [0.15, 0.2) is 30.3 Å². The number of benzene rings is 1. The molecule has 0 aromatic heterocycles. The molecular formula is C12H15NO3. The lowest BCUT2D eigenvalue weighted by molar-refractivity contribution is -0.142. The van der Waals surface area contributed by atoms with Crippen molar-refractivity contribution in [3.8, 4) is 5.75 Å². The maximum absolute atomic E-state index is 11.3. The molecule has 2 rings (SSSR count). The highest BCUT2D eigenvalue weighted by atomic mass is 16.5. The van der Waals surface area contributed by atoms with E-state index in [9.17, 15) is 4.79 Å². The molecule has 16 heavy (non-hydrogen) atoms. The van der Waals surface area contributed by atoms with Crippen molar-refractivity contribution in [2.45, 2.75) is 18.6 Å². The highest BCUT2D eigenvalue weighted by molar-refractivity contribution is 5.76. The molecule has 1 saturated heterocycles. The summed E-state index contributed by atoms with van der Waals surface area (Å²) in [4.78, 5) is 11.3. The maximum atomic E-state index is 11.3. The quantitative estimate of drug-likeness (QED) is 0.773. The van der Waals surface area contributed by atoms with Gasteiger partial charge in [-0.3, -0.25) is 4.79 Å². The number of methoxy groups -OCH3 is 1. The van der Waals surface area contributed by atoms with Crippen LogP contribution in [0.5, 0.6) is 5.75 Å². The number of rotatable bonds is 3. The Kier molecular flexibility index (Phi) is 3.41. The first-order valence-corrected chi connectivity index (χ1v) is 5.32. The smallest absolute Gasteiger partial charge is 0.323 e. The van der Waals surface area contributed by atoms with Gasteiger partial charge in [0.05, 0.1) is 7.11 Å². The molecule has 1 aliphatic rings. The third kappa shape index (κ3) is 2.52. The van der Waals surface area contributed by atoms with Crippen molar-refractivity contribution in [2.75, 3.05) is 13.7 Å². The first-order chi connectivity index (χ1) is 7.79. The standard InChI is InChI=1S/C12H15NO3/c1-15-12(14)11-7-10(8-13-11)16-9-5-3-2-4-6-9/h2-6,10-11,13H,7-8H2,1H3/t10-,11-/m0/s1. The summed E-state index contributed by atoms with van der Waals surface area (Å²) in [5.41, 5.74) is 0. The van der Waals surface area contributed by atoms with E-state index >= 15 is 0 Å². The number of esters is 1. The second-order valence-electron chi connectivity index (χ2n) is 3.77. The summed E-state index contributed by atoms with van der Waals surface area (Å²) in [6.07, 6.45) is 0.688. The van der Waals surface area contributed by atoms with Gasteiger partial charge in [0.1, 0.15) is 17.9 Å². The fraction of sp³-hybridized carbons (Fsp3) is 0.417. The van der Waals surface area contributed by atoms with Gasteiger partial charge in [0.2, 0.25) is 0 Å². The van der Waals surface area contributed by atoms with Crippen LogP contribution in [0.3, 0.4) is 0 Å². The molecule has 0 spiro atoms. The Hall–Kier alpha value is -1.55. The molecule has 86 valence electrons. The third-order valence-corrected chi connectivity index (χ3v) is 2.62. The van der Waals surface area contributed by atoms with Gasteiger partial charge in [-0.15, -0.1) is 0 Å². The Bertz CT molecular complexity index is 353. The maximum Gasteiger partial charge on any atom is 0.323 e. The number of ether oxygens (including phenoxy) is 2. The number of para-hydroxylation sites is 1. The predicted molar refractivity (Wildman–Crippen MR) is 59.3 cm³/mol. The molecule has 0 bridgehead atoms. The second kappa shape index (κ2) is 4.99. The predicted octanol–water partition coefficient (Wildman–Crippen LogP) is 0.969. The van der Waals surface area contributed by atoms with E-state index in [4.69, 9.17) is 4.74 Å². The van der Waals surface area contributed by atoms with Gasteiger partial charge in [-0.2, -0.15) is 0 Å². The Morgan fingerprint density at radius 3 is 2.81 bits per heavy atom. The van der Waals surface area contributed by atoms with Crippen molar-refractivity contribution in [3.63, 3.8) is 0 Å². The van der Waals surface area contributed by atoms with Crippen molar-refractivity contribution < 1.29 is 14.3 Å². The van der Waals surface area contributed by atoms with E-state index in [-0.39, 0.29) is 18.1 Å². The zero-order chi connectivity index (χ0) is 11.4. The van der Waals surface area contributed by atoms with Crippen LogP contribution < -0.4 is 10.1 Å². The summed E-state index contributed by atoms with van der Waals surface area (Å²) in [7, 11) is 1.40. The van der Waals surface area contributed by atoms with E-state index in [1.54, 1.807) is 0 Å². The Labute approximate surface area is 94.6 Å². The van der Waals surface area contributed by atoms with E-state index in [0.717, 1.165) is 5.75 Å². The van der Waals surface area contributed by atoms with Crippen LogP contribution >= 0.6 is 0 Å². The second-order valence-corrected chi connectivity index (χ2v) is 3.77. The molecule has 1 heterocycles. The SMILES string of the molecule is COC(=O)[C@@H]1C[C@H](Oc2ccccc2)CN1. The molecule has 0 amide bonds. The molecule has 0 aliphatic carbocycles. The van der Waals surface area contributed by atoms with Crippen molar-refractivity contribution in [2.24, 2.45) is 0 Å². The first-order valence-electron chi connectivity index (χ1n) is 5.32. The average molecular weight is 221 g/mol. The molecule has 4 nitrogen and oxygen atoms in total. The summed E-state index contributed by atoms with van der Waals surface area (Å²) >= 11 is 0. The number of carbonyl (C=O) groups is 1. The van der Waals surface area contributed by atoms with Crippen LogP contribution in [-0.2, 0) is 9.53 Å². The van der Waals surface area contributed by atoms with E-state index in [1.165, 1.54) is 7.11 Å². The zero-order valence-electron chi connectivity index (χ0n) is 9.18. The summed E-state index contributed by atoms with van der Waals surface area (Å²) in [5.74, 6) is 0.610. The minimum absolute atomic E-state index is 0.0338. The largest absolute Gasteiger partial charge is 0.489 e. The fourth-order valence-electron chi connectivity index (χ4n) is 1.81. The van der Waals surface area contributed by atoms with Crippen LogP contribution in [0.2, 0.25) is 0 Å². The van der Waals surface area contributed by atoms with E-state index in [2.05, 4.69) is 10.1 Å². The Balaban J connectivity index is 1.88. The van der Waals surface area contributed by atoms with E-state index in [0.29, 0.717) is 13.0 Å². The van der Waals surface area contributed by atoms with E-state index in [1.807, 2.05) is 30.3 Å². The first kappa shape index (κ1) is 11.0. The van der Waals surface area contributed by atoms with Gasteiger partial charge in [0.25, 0.3) is 0 Å². The zero-order valence-corrected chi connectivity index (χ0v) is 9.18. The van der Waals surface area contributed by atoms with Gasteiger partial charge in [0.15, 0.2) is 0 Å². The van der Waals surface area contributed by atoms with Crippen LogP contribution in [0, 0.1) is 0 Å². The van der Waals surface area contributed by atoms with Crippen molar-refractivity contribution in [1.29, 1.82) is 0 Å². The summed E-state index contributed by atoms with van der Waals surface area (Å²) in [6, 6.07) is 9.37. The molecule has 1 aromatic rings. The highest BCUT2D eigenvalue weighted by Crippen LogP contribution is 2.17. The van der Waals surface area contributed by atoms with Crippen LogP contribution in [0.4, 0.5) is 0 Å². The van der Waals surface area contributed by atoms with Gasteiger partial charge >= 0.3 is 5.97 Å². The van der Waals surface area contributed by atoms with Gasteiger partial charge < -0.3 is 14.8 Å². The molecule has 2 atom stereocenters. The molecule has 1 N–H and O–H groups in total. The van der Waals surface area contributed by atoms with Crippen LogP contribution in [0.1, 0.15) is 6.42 Å². The minimum atomic E-state index is -0.237. The number of hydrogen-bond donors (Lipinski definition) is 1. The van der Waals surface area contributed by atoms with E-state index < -0.39 is 0 Å². The Morgan fingerprint density at radius 2 is 2.12 bits per heavy atom. The number of hydrogen-bond acceptors (Lipinski definition) is 4. The molecule has 4 heteroatoms. The van der Waals surface area contributed by atoms with Gasteiger partial charge in [-0.1, -0.05) is 18.2 Å². The van der Waals surface area contributed by atoms with Crippen LogP contribution in [0.25, 0.3) is 0 Å². The molecule has 0 unspecified atom stereocenters.